The Bertz CT molecular complexity index is 348. The fourth-order valence-corrected chi connectivity index (χ4v) is 2.95. The van der Waals surface area contributed by atoms with Crippen molar-refractivity contribution >= 4 is 5.91 Å². The minimum atomic E-state index is -4.44. The van der Waals surface area contributed by atoms with Gasteiger partial charge in [-0.2, -0.15) is 13.2 Å². The molecule has 19 heavy (non-hydrogen) atoms. The molecule has 0 aromatic heterocycles. The van der Waals surface area contributed by atoms with Crippen molar-refractivity contribution in [3.63, 3.8) is 0 Å². The van der Waals surface area contributed by atoms with Gasteiger partial charge in [0.15, 0.2) is 0 Å². The van der Waals surface area contributed by atoms with Crippen molar-refractivity contribution < 1.29 is 22.7 Å². The highest BCUT2D eigenvalue weighted by atomic mass is 19.4. The second-order valence-corrected chi connectivity index (χ2v) is 6.57. The molecule has 0 unspecified atom stereocenters. The van der Waals surface area contributed by atoms with Crippen molar-refractivity contribution in [2.75, 3.05) is 0 Å². The molecule has 0 aliphatic carbocycles. The summed E-state index contributed by atoms with van der Waals surface area (Å²) in [6.45, 7) is 4.42. The molecule has 2 fully saturated rings. The highest BCUT2D eigenvalue weighted by Gasteiger charge is 2.50. The number of fused-ring (bicyclic) bond motifs is 2. The Hall–Kier alpha value is -0.780. The van der Waals surface area contributed by atoms with Gasteiger partial charge in [-0.15, -0.1) is 0 Å². The van der Waals surface area contributed by atoms with E-state index in [0.29, 0.717) is 6.42 Å². The van der Waals surface area contributed by atoms with E-state index in [1.807, 2.05) is 0 Å². The van der Waals surface area contributed by atoms with Gasteiger partial charge in [0, 0.05) is 0 Å². The highest BCUT2D eigenvalue weighted by Crippen LogP contribution is 2.40. The Kier molecular flexibility index (Phi) is 3.58. The summed E-state index contributed by atoms with van der Waals surface area (Å²) in [5.41, 5.74) is -1.06. The molecule has 2 aliphatic heterocycles. The van der Waals surface area contributed by atoms with Crippen LogP contribution in [0.1, 0.15) is 40.0 Å². The Labute approximate surface area is 110 Å². The van der Waals surface area contributed by atoms with Crippen LogP contribution in [0.2, 0.25) is 0 Å². The van der Waals surface area contributed by atoms with Crippen molar-refractivity contribution in [3.8, 4) is 0 Å². The number of rotatable bonds is 2. The summed E-state index contributed by atoms with van der Waals surface area (Å²) in [5.74, 6) is -0.949. The third-order valence-electron chi connectivity index (χ3n) is 3.92. The maximum Gasteiger partial charge on any atom is 0.409 e. The van der Waals surface area contributed by atoms with Crippen molar-refractivity contribution in [1.29, 1.82) is 0 Å². The Morgan fingerprint density at radius 3 is 2.26 bits per heavy atom. The fourth-order valence-electron chi connectivity index (χ4n) is 2.95. The monoisotopic (exact) mass is 279 g/mol. The standard InChI is InChI=1S/C13H20F3NO2/c1-12(2,3)11(13(14,15)16)17-10(18)8-6-7-4-5-9(8)19-7/h7-9,11H,4-6H2,1-3H3,(H,17,18)/t7-,8+,9-,11-/m1/s1. The van der Waals surface area contributed by atoms with Gasteiger partial charge in [0.05, 0.1) is 18.1 Å². The summed E-state index contributed by atoms with van der Waals surface area (Å²) >= 11 is 0. The first-order valence-electron chi connectivity index (χ1n) is 6.61. The maximum absolute atomic E-state index is 13.0. The number of ether oxygens (including phenoxy) is 1. The molecule has 2 heterocycles. The van der Waals surface area contributed by atoms with Gasteiger partial charge in [0.2, 0.25) is 5.91 Å². The topological polar surface area (TPSA) is 38.3 Å². The summed E-state index contributed by atoms with van der Waals surface area (Å²) in [6, 6.07) is -1.83. The van der Waals surface area contributed by atoms with Crippen LogP contribution in [0.25, 0.3) is 0 Å². The van der Waals surface area contributed by atoms with Gasteiger partial charge in [-0.05, 0) is 24.7 Å². The average molecular weight is 279 g/mol. The lowest BCUT2D eigenvalue weighted by Crippen LogP contribution is -2.55. The van der Waals surface area contributed by atoms with Crippen LogP contribution < -0.4 is 5.32 Å². The van der Waals surface area contributed by atoms with Crippen LogP contribution in [0.15, 0.2) is 0 Å². The van der Waals surface area contributed by atoms with Gasteiger partial charge < -0.3 is 10.1 Å². The minimum Gasteiger partial charge on any atom is -0.374 e. The molecule has 0 saturated carbocycles. The van der Waals surface area contributed by atoms with Crippen molar-refractivity contribution in [3.05, 3.63) is 0 Å². The summed E-state index contributed by atoms with van der Waals surface area (Å²) in [4.78, 5) is 12.0. The number of nitrogens with one attached hydrogen (secondary N) is 1. The summed E-state index contributed by atoms with van der Waals surface area (Å²) in [7, 11) is 0. The highest BCUT2D eigenvalue weighted by molar-refractivity contribution is 5.80. The number of carbonyl (C=O) groups is 1. The number of hydrogen-bond donors (Lipinski definition) is 1. The lowest BCUT2D eigenvalue weighted by atomic mass is 9.84. The van der Waals surface area contributed by atoms with Crippen LogP contribution >= 0.6 is 0 Å². The molecule has 3 nitrogen and oxygen atoms in total. The second-order valence-electron chi connectivity index (χ2n) is 6.57. The zero-order valence-electron chi connectivity index (χ0n) is 11.4. The first kappa shape index (κ1) is 14.6. The van der Waals surface area contributed by atoms with Gasteiger partial charge in [0.25, 0.3) is 0 Å². The maximum atomic E-state index is 13.0. The van der Waals surface area contributed by atoms with Crippen LogP contribution in [-0.2, 0) is 9.53 Å². The van der Waals surface area contributed by atoms with E-state index in [1.165, 1.54) is 20.8 Å². The van der Waals surface area contributed by atoms with Crippen LogP contribution in [0.4, 0.5) is 13.2 Å². The molecule has 2 rings (SSSR count). The van der Waals surface area contributed by atoms with Crippen molar-refractivity contribution in [2.45, 2.75) is 64.5 Å². The molecule has 0 radical (unpaired) electrons. The molecular weight excluding hydrogens is 259 g/mol. The summed E-state index contributed by atoms with van der Waals surface area (Å²) < 4.78 is 44.5. The molecule has 2 bridgehead atoms. The third-order valence-corrected chi connectivity index (χ3v) is 3.92. The predicted molar refractivity (Wildman–Crippen MR) is 63.4 cm³/mol. The second kappa shape index (κ2) is 4.65. The first-order chi connectivity index (χ1) is 8.59. The number of halogens is 3. The predicted octanol–water partition coefficient (Wildman–Crippen LogP) is 2.65. The normalized spacial score (nSPS) is 32.4. The first-order valence-corrected chi connectivity index (χ1v) is 6.61. The number of hydrogen-bond acceptors (Lipinski definition) is 2. The lowest BCUT2D eigenvalue weighted by molar-refractivity contribution is -0.182. The zero-order valence-corrected chi connectivity index (χ0v) is 11.4. The summed E-state index contributed by atoms with van der Waals surface area (Å²) in [5, 5.41) is 2.18. The van der Waals surface area contributed by atoms with Crippen LogP contribution in [0.3, 0.4) is 0 Å². The van der Waals surface area contributed by atoms with E-state index in [9.17, 15) is 18.0 Å². The van der Waals surface area contributed by atoms with E-state index in [2.05, 4.69) is 5.32 Å². The number of alkyl halides is 3. The fraction of sp³-hybridized carbons (Fsp3) is 0.923. The quantitative estimate of drug-likeness (QED) is 0.844. The van der Waals surface area contributed by atoms with E-state index in [0.717, 1.165) is 12.8 Å². The molecule has 1 amide bonds. The van der Waals surface area contributed by atoms with Crippen molar-refractivity contribution in [2.24, 2.45) is 11.3 Å². The van der Waals surface area contributed by atoms with Crippen LogP contribution in [0, 0.1) is 11.3 Å². The molecule has 1 N–H and O–H groups in total. The van der Waals surface area contributed by atoms with E-state index in [1.54, 1.807) is 0 Å². The zero-order chi connectivity index (χ0) is 14.4. The molecule has 2 aliphatic rings. The van der Waals surface area contributed by atoms with Gasteiger partial charge in [-0.3, -0.25) is 4.79 Å². The molecule has 4 atom stereocenters. The van der Waals surface area contributed by atoms with Crippen LogP contribution in [-0.4, -0.2) is 30.3 Å². The Morgan fingerprint density at radius 2 is 1.89 bits per heavy atom. The molecule has 0 aromatic rings. The number of amides is 1. The minimum absolute atomic E-state index is 0.0553. The molecule has 0 spiro atoms. The average Bonchev–Trinajstić information content (AvgIpc) is 2.83. The third kappa shape index (κ3) is 3.04. The number of carbonyl (C=O) groups excluding carboxylic acids is 1. The van der Waals surface area contributed by atoms with E-state index < -0.39 is 29.5 Å². The van der Waals surface area contributed by atoms with Gasteiger partial charge in [-0.1, -0.05) is 20.8 Å². The van der Waals surface area contributed by atoms with E-state index >= 15 is 0 Å². The molecular formula is C13H20F3NO2. The van der Waals surface area contributed by atoms with Crippen LogP contribution in [0.5, 0.6) is 0 Å². The van der Waals surface area contributed by atoms with E-state index in [4.69, 9.17) is 4.74 Å². The van der Waals surface area contributed by atoms with Gasteiger partial charge in [-0.25, -0.2) is 0 Å². The molecule has 6 heteroatoms. The molecule has 0 aromatic carbocycles. The van der Waals surface area contributed by atoms with Gasteiger partial charge >= 0.3 is 6.18 Å². The summed E-state index contributed by atoms with van der Waals surface area (Å²) in [6.07, 6.45) is -2.35. The van der Waals surface area contributed by atoms with Gasteiger partial charge in [0.1, 0.15) is 6.04 Å². The Balaban J connectivity index is 2.04. The Morgan fingerprint density at radius 1 is 1.26 bits per heavy atom. The molecule has 110 valence electrons. The molecule has 2 saturated heterocycles. The van der Waals surface area contributed by atoms with E-state index in [-0.39, 0.29) is 12.2 Å². The lowest BCUT2D eigenvalue weighted by Gasteiger charge is -2.34. The van der Waals surface area contributed by atoms with Crippen molar-refractivity contribution in [1.82, 2.24) is 5.32 Å². The smallest absolute Gasteiger partial charge is 0.374 e. The SMILES string of the molecule is CC(C)(C)[C@@H](NC(=O)[C@H]1C[C@H]2CC[C@H]1O2)C(F)(F)F. The largest absolute Gasteiger partial charge is 0.409 e.